The lowest BCUT2D eigenvalue weighted by atomic mass is 9.82. The standard InChI is InChI=1S/C43H31NS/c1-43(2)39-22-20-33(26-37(39)36-24-30-12-6-7-13-31(30)25-40(36)43)44(32-18-16-29(17-19-32)28-10-4-3-5-11-28)34-21-23-42-38(27-34)35-14-8-9-15-41(35)45-42/h3-27H,1-2H3. The molecule has 0 fully saturated rings. The van der Waals surface area contributed by atoms with Crippen LogP contribution in [0.1, 0.15) is 25.0 Å². The van der Waals surface area contributed by atoms with E-state index in [1.807, 2.05) is 11.3 Å². The van der Waals surface area contributed by atoms with Gasteiger partial charge < -0.3 is 4.90 Å². The van der Waals surface area contributed by atoms with Gasteiger partial charge in [-0.15, -0.1) is 11.3 Å². The van der Waals surface area contributed by atoms with Crippen molar-refractivity contribution >= 4 is 59.3 Å². The molecule has 0 N–H and O–H groups in total. The Morgan fingerprint density at radius 2 is 1.04 bits per heavy atom. The van der Waals surface area contributed by atoms with Crippen molar-refractivity contribution in [2.75, 3.05) is 4.90 Å². The van der Waals surface area contributed by atoms with Crippen molar-refractivity contribution in [2.45, 2.75) is 19.3 Å². The number of hydrogen-bond acceptors (Lipinski definition) is 2. The average molecular weight is 594 g/mol. The summed E-state index contributed by atoms with van der Waals surface area (Å²) in [5.41, 5.74) is 11.3. The van der Waals surface area contributed by atoms with Crippen molar-refractivity contribution in [3.63, 3.8) is 0 Å². The Morgan fingerprint density at radius 3 is 1.87 bits per heavy atom. The zero-order chi connectivity index (χ0) is 30.1. The van der Waals surface area contributed by atoms with E-state index < -0.39 is 0 Å². The Balaban J connectivity index is 1.24. The summed E-state index contributed by atoms with van der Waals surface area (Å²) in [5.74, 6) is 0. The molecule has 9 rings (SSSR count). The normalized spacial score (nSPS) is 13.3. The summed E-state index contributed by atoms with van der Waals surface area (Å²) in [7, 11) is 0. The van der Waals surface area contributed by atoms with Gasteiger partial charge in [-0.3, -0.25) is 0 Å². The topological polar surface area (TPSA) is 3.24 Å². The molecule has 7 aromatic carbocycles. The third kappa shape index (κ3) is 4.13. The minimum Gasteiger partial charge on any atom is -0.310 e. The minimum absolute atomic E-state index is 0.0656. The molecular weight excluding hydrogens is 563 g/mol. The van der Waals surface area contributed by atoms with Gasteiger partial charge >= 0.3 is 0 Å². The number of nitrogens with zero attached hydrogens (tertiary/aromatic N) is 1. The Kier molecular flexibility index (Phi) is 5.78. The van der Waals surface area contributed by atoms with Crippen LogP contribution in [0, 0.1) is 0 Å². The fourth-order valence-electron chi connectivity index (χ4n) is 7.30. The van der Waals surface area contributed by atoms with Crippen LogP contribution in [0.5, 0.6) is 0 Å². The first-order valence-corrected chi connectivity index (χ1v) is 16.4. The predicted molar refractivity (Wildman–Crippen MR) is 195 cm³/mol. The molecule has 1 aliphatic carbocycles. The van der Waals surface area contributed by atoms with Gasteiger partial charge in [-0.25, -0.2) is 0 Å². The van der Waals surface area contributed by atoms with E-state index in [4.69, 9.17) is 0 Å². The maximum atomic E-state index is 2.42. The van der Waals surface area contributed by atoms with Crippen molar-refractivity contribution in [1.29, 1.82) is 0 Å². The Morgan fingerprint density at radius 1 is 0.444 bits per heavy atom. The van der Waals surface area contributed by atoms with Gasteiger partial charge in [-0.1, -0.05) is 105 Å². The maximum absolute atomic E-state index is 2.42. The lowest BCUT2D eigenvalue weighted by Crippen LogP contribution is -2.15. The summed E-state index contributed by atoms with van der Waals surface area (Å²) in [6.07, 6.45) is 0. The van der Waals surface area contributed by atoms with Crippen LogP contribution in [0.2, 0.25) is 0 Å². The summed E-state index contributed by atoms with van der Waals surface area (Å²) in [6, 6.07) is 55.9. The first-order chi connectivity index (χ1) is 22.0. The number of thiophene rings is 1. The van der Waals surface area contributed by atoms with Crippen LogP contribution in [0.15, 0.2) is 152 Å². The second-order valence-corrected chi connectivity index (χ2v) is 13.7. The molecule has 0 unspecified atom stereocenters. The van der Waals surface area contributed by atoms with E-state index in [-0.39, 0.29) is 5.41 Å². The third-order valence-corrected chi connectivity index (χ3v) is 10.8. The number of hydrogen-bond donors (Lipinski definition) is 0. The molecule has 0 bridgehead atoms. The van der Waals surface area contributed by atoms with Gasteiger partial charge in [0.15, 0.2) is 0 Å². The molecule has 0 saturated heterocycles. The molecule has 8 aromatic rings. The second kappa shape index (κ2) is 9.92. The van der Waals surface area contributed by atoms with Crippen molar-refractivity contribution in [1.82, 2.24) is 0 Å². The van der Waals surface area contributed by atoms with E-state index in [9.17, 15) is 0 Å². The third-order valence-electron chi connectivity index (χ3n) is 9.64. The van der Waals surface area contributed by atoms with E-state index >= 15 is 0 Å². The molecule has 0 radical (unpaired) electrons. The van der Waals surface area contributed by atoms with Crippen molar-refractivity contribution in [3.8, 4) is 22.3 Å². The monoisotopic (exact) mass is 593 g/mol. The van der Waals surface area contributed by atoms with Crippen LogP contribution < -0.4 is 4.90 Å². The molecule has 0 saturated carbocycles. The number of anilines is 3. The largest absolute Gasteiger partial charge is 0.310 e. The van der Waals surface area contributed by atoms with Crippen molar-refractivity contribution in [3.05, 3.63) is 163 Å². The SMILES string of the molecule is CC1(C)c2ccc(N(c3ccc(-c4ccccc4)cc3)c3ccc4sc5ccccc5c4c3)cc2-c2cc3ccccc3cc21. The quantitative estimate of drug-likeness (QED) is 0.196. The Hall–Kier alpha value is -5.18. The zero-order valence-corrected chi connectivity index (χ0v) is 26.1. The Bertz CT molecular complexity index is 2400. The highest BCUT2D eigenvalue weighted by Crippen LogP contribution is 2.52. The smallest absolute Gasteiger partial charge is 0.0468 e. The first kappa shape index (κ1) is 26.2. The molecule has 1 aromatic heterocycles. The fourth-order valence-corrected chi connectivity index (χ4v) is 8.38. The van der Waals surface area contributed by atoms with Crippen molar-refractivity contribution in [2.24, 2.45) is 0 Å². The highest BCUT2D eigenvalue weighted by molar-refractivity contribution is 7.25. The summed E-state index contributed by atoms with van der Waals surface area (Å²) in [6.45, 7) is 4.73. The van der Waals surface area contributed by atoms with Crippen LogP contribution >= 0.6 is 11.3 Å². The molecule has 1 nitrogen and oxygen atoms in total. The van der Waals surface area contributed by atoms with Gasteiger partial charge in [0.1, 0.15) is 0 Å². The van der Waals surface area contributed by atoms with Gasteiger partial charge in [-0.05, 0) is 105 Å². The van der Waals surface area contributed by atoms with E-state index in [2.05, 4.69) is 170 Å². The summed E-state index contributed by atoms with van der Waals surface area (Å²) < 4.78 is 2.64. The highest BCUT2D eigenvalue weighted by atomic mass is 32.1. The van der Waals surface area contributed by atoms with Crippen molar-refractivity contribution < 1.29 is 0 Å². The van der Waals surface area contributed by atoms with Gasteiger partial charge in [0.05, 0.1) is 0 Å². The molecule has 0 spiro atoms. The molecule has 1 aliphatic rings. The minimum atomic E-state index is -0.0656. The molecule has 1 heterocycles. The summed E-state index contributed by atoms with van der Waals surface area (Å²) >= 11 is 1.86. The highest BCUT2D eigenvalue weighted by Gasteiger charge is 2.36. The number of rotatable bonds is 4. The van der Waals surface area contributed by atoms with Crippen LogP contribution in [-0.4, -0.2) is 0 Å². The van der Waals surface area contributed by atoms with Crippen LogP contribution in [0.25, 0.3) is 53.2 Å². The molecule has 45 heavy (non-hydrogen) atoms. The maximum Gasteiger partial charge on any atom is 0.0468 e. The van der Waals surface area contributed by atoms with Gasteiger partial charge in [0.25, 0.3) is 0 Å². The van der Waals surface area contributed by atoms with E-state index in [0.29, 0.717) is 0 Å². The van der Waals surface area contributed by atoms with Crippen LogP contribution in [0.3, 0.4) is 0 Å². The number of benzene rings is 7. The van der Waals surface area contributed by atoms with Gasteiger partial charge in [-0.2, -0.15) is 0 Å². The zero-order valence-electron chi connectivity index (χ0n) is 25.3. The number of fused-ring (bicyclic) bond motifs is 7. The van der Waals surface area contributed by atoms with Crippen LogP contribution in [0.4, 0.5) is 17.1 Å². The average Bonchev–Trinajstić information content (AvgIpc) is 3.56. The lowest BCUT2D eigenvalue weighted by molar-refractivity contribution is 0.661. The molecule has 0 aliphatic heterocycles. The molecular formula is C43H31NS. The molecule has 214 valence electrons. The summed E-state index contributed by atoms with van der Waals surface area (Å²) in [5, 5.41) is 5.20. The fraction of sp³-hybridized carbons (Fsp3) is 0.0698. The van der Waals surface area contributed by atoms with E-state index in [1.54, 1.807) is 0 Å². The predicted octanol–water partition coefficient (Wildman–Crippen LogP) is 12.7. The van der Waals surface area contributed by atoms with E-state index in [0.717, 1.165) is 17.1 Å². The summed E-state index contributed by atoms with van der Waals surface area (Å²) in [4.78, 5) is 2.42. The molecule has 2 heteroatoms. The lowest BCUT2D eigenvalue weighted by Gasteiger charge is -2.27. The van der Waals surface area contributed by atoms with Crippen LogP contribution in [-0.2, 0) is 5.41 Å². The second-order valence-electron chi connectivity index (χ2n) is 12.6. The molecule has 0 atom stereocenters. The van der Waals surface area contributed by atoms with Gasteiger partial charge in [0.2, 0.25) is 0 Å². The molecule has 0 amide bonds. The Labute approximate surface area is 267 Å². The first-order valence-electron chi connectivity index (χ1n) is 15.6. The van der Waals surface area contributed by atoms with E-state index in [1.165, 1.54) is 64.3 Å². The van der Waals surface area contributed by atoms with Gasteiger partial charge in [0, 0.05) is 42.6 Å².